The van der Waals surface area contributed by atoms with Crippen molar-refractivity contribution in [1.29, 1.82) is 0 Å². The van der Waals surface area contributed by atoms with Crippen molar-refractivity contribution in [3.63, 3.8) is 0 Å². The molecule has 0 radical (unpaired) electrons. The van der Waals surface area contributed by atoms with Gasteiger partial charge >= 0.3 is 0 Å². The van der Waals surface area contributed by atoms with Crippen LogP contribution in [-0.2, 0) is 0 Å². The van der Waals surface area contributed by atoms with Crippen LogP contribution in [0.25, 0.3) is 0 Å². The van der Waals surface area contributed by atoms with Gasteiger partial charge in [0.25, 0.3) is 0 Å². The van der Waals surface area contributed by atoms with Gasteiger partial charge in [0, 0.05) is 11.6 Å². The first-order chi connectivity index (χ1) is 8.66. The number of nitrogens with zero attached hydrogens (tertiary/aromatic N) is 1. The van der Waals surface area contributed by atoms with Crippen molar-refractivity contribution < 1.29 is 8.78 Å². The first-order valence-electron chi connectivity index (χ1n) is 5.15. The van der Waals surface area contributed by atoms with Gasteiger partial charge in [0.1, 0.15) is 11.6 Å². The number of rotatable bonds is 3. The van der Waals surface area contributed by atoms with Gasteiger partial charge in [-0.15, -0.1) is 0 Å². The van der Waals surface area contributed by atoms with E-state index in [1.54, 1.807) is 0 Å². The Kier molecular flexibility index (Phi) is 4.04. The molecule has 0 heterocycles. The lowest BCUT2D eigenvalue weighted by Gasteiger charge is -2.01. The molecule has 92 valence electrons. The molecule has 0 aliphatic rings. The van der Waals surface area contributed by atoms with Crippen LogP contribution in [0.15, 0.2) is 52.0 Å². The van der Waals surface area contributed by atoms with E-state index >= 15 is 0 Å². The maximum absolute atomic E-state index is 13.2. The largest absolute Gasteiger partial charge is 0.279 e. The van der Waals surface area contributed by atoms with E-state index in [1.807, 2.05) is 30.3 Å². The van der Waals surface area contributed by atoms with E-state index < -0.39 is 11.6 Å². The normalized spacial score (nSPS) is 10.8. The third-order valence-electron chi connectivity index (χ3n) is 2.19. The molecule has 0 saturated carbocycles. The summed E-state index contributed by atoms with van der Waals surface area (Å²) < 4.78 is 26.4. The highest BCUT2D eigenvalue weighted by Crippen LogP contribution is 2.20. The predicted octanol–water partition coefficient (Wildman–Crippen LogP) is 4.17. The second-order valence-electron chi connectivity index (χ2n) is 3.53. The van der Waals surface area contributed by atoms with Gasteiger partial charge in [-0.2, -0.15) is 5.10 Å². The van der Waals surface area contributed by atoms with Crippen LogP contribution in [0.2, 0.25) is 0 Å². The van der Waals surface area contributed by atoms with Gasteiger partial charge in [-0.3, -0.25) is 5.43 Å². The molecule has 1 N–H and O–H groups in total. The number of nitrogens with one attached hydrogen (secondary N) is 1. The van der Waals surface area contributed by atoms with E-state index in [9.17, 15) is 8.78 Å². The molecule has 0 aliphatic carbocycles. The maximum atomic E-state index is 13.2. The third kappa shape index (κ3) is 3.13. The van der Waals surface area contributed by atoms with Gasteiger partial charge in [-0.25, -0.2) is 8.78 Å². The fourth-order valence-electron chi connectivity index (χ4n) is 1.36. The molecule has 2 aromatic rings. The molecule has 0 bridgehead atoms. The van der Waals surface area contributed by atoms with Crippen LogP contribution < -0.4 is 5.43 Å². The summed E-state index contributed by atoms with van der Waals surface area (Å²) in [7, 11) is 0. The Morgan fingerprint density at radius 3 is 2.56 bits per heavy atom. The van der Waals surface area contributed by atoms with Gasteiger partial charge in [0.15, 0.2) is 0 Å². The number of hydrogen-bond donors (Lipinski definition) is 1. The van der Waals surface area contributed by atoms with E-state index in [2.05, 4.69) is 26.5 Å². The lowest BCUT2D eigenvalue weighted by Crippen LogP contribution is -1.94. The Labute approximate surface area is 111 Å². The fraction of sp³-hybridized carbons (Fsp3) is 0. The Bertz CT molecular complexity index is 571. The van der Waals surface area contributed by atoms with Crippen molar-refractivity contribution in [3.05, 3.63) is 64.1 Å². The van der Waals surface area contributed by atoms with Crippen molar-refractivity contribution >= 4 is 27.8 Å². The van der Waals surface area contributed by atoms with Gasteiger partial charge in [-0.05, 0) is 34.1 Å². The molecular weight excluding hydrogens is 302 g/mol. The highest BCUT2D eigenvalue weighted by molar-refractivity contribution is 9.10. The highest BCUT2D eigenvalue weighted by atomic mass is 79.9. The minimum Gasteiger partial charge on any atom is -0.279 e. The average Bonchev–Trinajstić information content (AvgIpc) is 2.36. The second kappa shape index (κ2) is 5.73. The minimum absolute atomic E-state index is 0.183. The van der Waals surface area contributed by atoms with Crippen LogP contribution in [0, 0.1) is 11.6 Å². The molecule has 18 heavy (non-hydrogen) atoms. The molecule has 0 fully saturated rings. The van der Waals surface area contributed by atoms with Crippen LogP contribution >= 0.6 is 15.9 Å². The molecular formula is C13H9BrF2N2. The molecule has 0 spiro atoms. The minimum atomic E-state index is -0.656. The SMILES string of the molecule is Fc1cc(F)c(Br)c(C=NNc2ccccc2)c1. The van der Waals surface area contributed by atoms with Gasteiger partial charge < -0.3 is 0 Å². The summed E-state index contributed by atoms with van der Waals surface area (Å²) in [6, 6.07) is 11.3. The summed E-state index contributed by atoms with van der Waals surface area (Å²) in [6.07, 6.45) is 1.35. The molecule has 5 heteroatoms. The summed E-state index contributed by atoms with van der Waals surface area (Å²) >= 11 is 3.04. The van der Waals surface area contributed by atoms with Gasteiger partial charge in [-0.1, -0.05) is 18.2 Å². The standard InChI is InChI=1S/C13H9BrF2N2/c14-13-9(6-10(15)7-12(13)16)8-17-18-11-4-2-1-3-5-11/h1-8,18H. The van der Waals surface area contributed by atoms with Gasteiger partial charge in [0.05, 0.1) is 16.4 Å². The van der Waals surface area contributed by atoms with Crippen molar-refractivity contribution in [2.75, 3.05) is 5.43 Å². The number of anilines is 1. The Morgan fingerprint density at radius 1 is 1.11 bits per heavy atom. The fourth-order valence-corrected chi connectivity index (χ4v) is 1.69. The zero-order chi connectivity index (χ0) is 13.0. The van der Waals surface area contributed by atoms with Crippen molar-refractivity contribution in [3.8, 4) is 0 Å². The average molecular weight is 311 g/mol. The quantitative estimate of drug-likeness (QED) is 0.513. The molecule has 0 saturated heterocycles. The highest BCUT2D eigenvalue weighted by Gasteiger charge is 2.06. The van der Waals surface area contributed by atoms with E-state index in [0.717, 1.165) is 11.8 Å². The molecule has 2 aromatic carbocycles. The smallest absolute Gasteiger partial charge is 0.140 e. The summed E-state index contributed by atoms with van der Waals surface area (Å²) in [6.45, 7) is 0. The molecule has 2 nitrogen and oxygen atoms in total. The summed E-state index contributed by atoms with van der Waals surface area (Å²) in [5.74, 6) is -1.30. The maximum Gasteiger partial charge on any atom is 0.140 e. The molecule has 0 aliphatic heterocycles. The molecule has 2 rings (SSSR count). The zero-order valence-corrected chi connectivity index (χ0v) is 10.8. The third-order valence-corrected chi connectivity index (χ3v) is 3.03. The van der Waals surface area contributed by atoms with Crippen LogP contribution in [0.3, 0.4) is 0 Å². The van der Waals surface area contributed by atoms with Crippen molar-refractivity contribution in [1.82, 2.24) is 0 Å². The lowest BCUT2D eigenvalue weighted by molar-refractivity contribution is 0.578. The monoisotopic (exact) mass is 310 g/mol. The first-order valence-corrected chi connectivity index (χ1v) is 5.95. The molecule has 0 aromatic heterocycles. The van der Waals surface area contributed by atoms with E-state index in [0.29, 0.717) is 5.56 Å². The molecule has 0 unspecified atom stereocenters. The van der Waals surface area contributed by atoms with E-state index in [4.69, 9.17) is 0 Å². The Morgan fingerprint density at radius 2 is 1.83 bits per heavy atom. The predicted molar refractivity (Wildman–Crippen MR) is 71.7 cm³/mol. The molecule has 0 amide bonds. The van der Waals surface area contributed by atoms with Gasteiger partial charge in [0.2, 0.25) is 0 Å². The van der Waals surface area contributed by atoms with Crippen LogP contribution in [0.1, 0.15) is 5.56 Å². The summed E-state index contributed by atoms with van der Waals surface area (Å²) in [5.41, 5.74) is 3.89. The topological polar surface area (TPSA) is 24.4 Å². The van der Waals surface area contributed by atoms with Crippen LogP contribution in [-0.4, -0.2) is 6.21 Å². The van der Waals surface area contributed by atoms with Crippen LogP contribution in [0.4, 0.5) is 14.5 Å². The van der Waals surface area contributed by atoms with E-state index in [1.165, 1.54) is 12.3 Å². The second-order valence-corrected chi connectivity index (χ2v) is 4.32. The van der Waals surface area contributed by atoms with Crippen molar-refractivity contribution in [2.24, 2.45) is 5.10 Å². The van der Waals surface area contributed by atoms with Crippen molar-refractivity contribution in [2.45, 2.75) is 0 Å². The van der Waals surface area contributed by atoms with Crippen LogP contribution in [0.5, 0.6) is 0 Å². The number of hydrogen-bond acceptors (Lipinski definition) is 2. The Balaban J connectivity index is 2.15. The number of hydrazone groups is 1. The van der Waals surface area contributed by atoms with E-state index in [-0.39, 0.29) is 4.47 Å². The Hall–Kier alpha value is -1.75. The number of benzene rings is 2. The number of halogens is 3. The summed E-state index contributed by atoms with van der Waals surface area (Å²) in [4.78, 5) is 0. The lowest BCUT2D eigenvalue weighted by atomic mass is 10.2. The summed E-state index contributed by atoms with van der Waals surface area (Å²) in [5, 5.41) is 3.92. The first kappa shape index (κ1) is 12.7. The number of para-hydroxylation sites is 1. The molecule has 0 atom stereocenters. The zero-order valence-electron chi connectivity index (χ0n) is 9.20.